The molecule has 5 nitrogen and oxygen atoms in total. The third-order valence-corrected chi connectivity index (χ3v) is 3.34. The average molecular weight is 283 g/mol. The maximum atomic E-state index is 11.9. The summed E-state index contributed by atoms with van der Waals surface area (Å²) in [6, 6.07) is 2.29. The Hall–Kier alpha value is -1.40. The van der Waals surface area contributed by atoms with Gasteiger partial charge in [-0.3, -0.25) is 9.59 Å². The molecule has 0 aliphatic rings. The molecule has 19 heavy (non-hydrogen) atoms. The van der Waals surface area contributed by atoms with Crippen molar-refractivity contribution in [3.05, 3.63) is 22.4 Å². The van der Waals surface area contributed by atoms with Crippen molar-refractivity contribution >= 4 is 23.2 Å². The maximum absolute atomic E-state index is 11.9. The number of nitrogens with two attached hydrogens (primary N) is 1. The molecule has 1 aromatic rings. The molecule has 1 rings (SSSR count). The fourth-order valence-electron chi connectivity index (χ4n) is 1.44. The van der Waals surface area contributed by atoms with Crippen LogP contribution < -0.4 is 16.4 Å². The smallest absolute Gasteiger partial charge is 0.242 e. The Morgan fingerprint density at radius 3 is 2.42 bits per heavy atom. The number of amides is 2. The standard InChI is InChI=1S/C13H21N3O2S/c1-8(11(17)16-13(2,3)4)15-12(18)10(14)9-6-5-7-19-9/h5-8,10H,14H2,1-4H3,(H,15,18)(H,16,17). The number of carbonyl (C=O) groups excluding carboxylic acids is 2. The summed E-state index contributed by atoms with van der Waals surface area (Å²) in [7, 11) is 0. The lowest BCUT2D eigenvalue weighted by atomic mass is 10.1. The van der Waals surface area contributed by atoms with E-state index in [0.717, 1.165) is 4.88 Å². The Kier molecular flexibility index (Phi) is 5.08. The van der Waals surface area contributed by atoms with Crippen LogP contribution in [-0.2, 0) is 9.59 Å². The molecule has 2 atom stereocenters. The molecule has 0 saturated heterocycles. The summed E-state index contributed by atoms with van der Waals surface area (Å²) in [6.45, 7) is 7.30. The Bertz CT molecular complexity index is 437. The molecule has 6 heteroatoms. The molecule has 0 fully saturated rings. The van der Waals surface area contributed by atoms with E-state index in [1.54, 1.807) is 13.0 Å². The summed E-state index contributed by atoms with van der Waals surface area (Å²) >= 11 is 1.42. The van der Waals surface area contributed by atoms with E-state index in [1.807, 2.05) is 32.2 Å². The highest BCUT2D eigenvalue weighted by Crippen LogP contribution is 2.16. The molecule has 0 saturated carbocycles. The molecular formula is C13H21N3O2S. The molecule has 1 aromatic heterocycles. The summed E-state index contributed by atoms with van der Waals surface area (Å²) in [5.41, 5.74) is 5.50. The summed E-state index contributed by atoms with van der Waals surface area (Å²) < 4.78 is 0. The van der Waals surface area contributed by atoms with Crippen molar-refractivity contribution in [3.8, 4) is 0 Å². The Morgan fingerprint density at radius 1 is 1.32 bits per heavy atom. The van der Waals surface area contributed by atoms with Crippen LogP contribution in [0.15, 0.2) is 17.5 Å². The number of thiophene rings is 1. The lowest BCUT2D eigenvalue weighted by molar-refractivity contribution is -0.130. The van der Waals surface area contributed by atoms with Crippen molar-refractivity contribution in [1.82, 2.24) is 10.6 Å². The van der Waals surface area contributed by atoms with Gasteiger partial charge >= 0.3 is 0 Å². The van der Waals surface area contributed by atoms with Gasteiger partial charge in [0, 0.05) is 10.4 Å². The van der Waals surface area contributed by atoms with Crippen LogP contribution in [0.5, 0.6) is 0 Å². The monoisotopic (exact) mass is 283 g/mol. The first kappa shape index (κ1) is 15.7. The normalized spacial score (nSPS) is 14.6. The van der Waals surface area contributed by atoms with Crippen molar-refractivity contribution in [3.63, 3.8) is 0 Å². The van der Waals surface area contributed by atoms with Crippen molar-refractivity contribution in [2.24, 2.45) is 5.73 Å². The van der Waals surface area contributed by atoms with Crippen LogP contribution in [0.4, 0.5) is 0 Å². The van der Waals surface area contributed by atoms with E-state index in [0.29, 0.717) is 0 Å². The molecule has 0 aromatic carbocycles. The van der Waals surface area contributed by atoms with E-state index in [1.165, 1.54) is 11.3 Å². The number of hydrogen-bond acceptors (Lipinski definition) is 4. The van der Waals surface area contributed by atoms with Crippen LogP contribution in [-0.4, -0.2) is 23.4 Å². The average Bonchev–Trinajstić information content (AvgIpc) is 2.78. The predicted molar refractivity (Wildman–Crippen MR) is 76.7 cm³/mol. The molecule has 0 spiro atoms. The van der Waals surface area contributed by atoms with Gasteiger partial charge in [-0.15, -0.1) is 11.3 Å². The Morgan fingerprint density at radius 2 is 1.95 bits per heavy atom. The van der Waals surface area contributed by atoms with E-state index in [4.69, 9.17) is 5.73 Å². The second-order valence-electron chi connectivity index (χ2n) is 5.46. The minimum Gasteiger partial charge on any atom is -0.350 e. The minimum absolute atomic E-state index is 0.223. The molecule has 0 aliphatic carbocycles. The summed E-state index contributed by atoms with van der Waals surface area (Å²) in [5, 5.41) is 7.29. The van der Waals surface area contributed by atoms with Gasteiger partial charge in [0.25, 0.3) is 0 Å². The third kappa shape index (κ3) is 5.00. The molecule has 2 unspecified atom stereocenters. The lowest BCUT2D eigenvalue weighted by Gasteiger charge is -2.24. The van der Waals surface area contributed by atoms with E-state index in [9.17, 15) is 9.59 Å². The van der Waals surface area contributed by atoms with Crippen molar-refractivity contribution < 1.29 is 9.59 Å². The molecule has 1 heterocycles. The quantitative estimate of drug-likeness (QED) is 0.775. The van der Waals surface area contributed by atoms with Crippen molar-refractivity contribution in [2.45, 2.75) is 45.3 Å². The topological polar surface area (TPSA) is 84.2 Å². The molecule has 0 bridgehead atoms. The molecule has 0 radical (unpaired) electrons. The fourth-order valence-corrected chi connectivity index (χ4v) is 2.17. The summed E-state index contributed by atoms with van der Waals surface area (Å²) in [4.78, 5) is 24.5. The molecule has 0 aliphatic heterocycles. The maximum Gasteiger partial charge on any atom is 0.242 e. The first-order valence-electron chi connectivity index (χ1n) is 6.12. The third-order valence-electron chi connectivity index (χ3n) is 2.38. The molecule has 2 amide bonds. The van der Waals surface area contributed by atoms with E-state index in [-0.39, 0.29) is 17.4 Å². The van der Waals surface area contributed by atoms with Crippen LogP contribution in [0.1, 0.15) is 38.6 Å². The molecule has 4 N–H and O–H groups in total. The SMILES string of the molecule is CC(NC(=O)C(N)c1cccs1)C(=O)NC(C)(C)C. The highest BCUT2D eigenvalue weighted by atomic mass is 32.1. The fraction of sp³-hybridized carbons (Fsp3) is 0.538. The van der Waals surface area contributed by atoms with Gasteiger partial charge in [-0.1, -0.05) is 6.07 Å². The second-order valence-corrected chi connectivity index (χ2v) is 6.44. The van der Waals surface area contributed by atoms with Crippen LogP contribution >= 0.6 is 11.3 Å². The zero-order valence-electron chi connectivity index (χ0n) is 11.7. The van der Waals surface area contributed by atoms with Gasteiger partial charge in [0.15, 0.2) is 0 Å². The van der Waals surface area contributed by atoms with Crippen molar-refractivity contribution in [1.29, 1.82) is 0 Å². The van der Waals surface area contributed by atoms with E-state index >= 15 is 0 Å². The number of nitrogens with one attached hydrogen (secondary N) is 2. The van der Waals surface area contributed by atoms with E-state index < -0.39 is 12.1 Å². The number of rotatable bonds is 4. The van der Waals surface area contributed by atoms with Crippen molar-refractivity contribution in [2.75, 3.05) is 0 Å². The zero-order chi connectivity index (χ0) is 14.6. The summed E-state index contributed by atoms with van der Waals surface area (Å²) in [6.07, 6.45) is 0. The van der Waals surface area contributed by atoms with Gasteiger partial charge in [-0.2, -0.15) is 0 Å². The predicted octanol–water partition coefficient (Wildman–Crippen LogP) is 1.17. The first-order valence-corrected chi connectivity index (χ1v) is 7.00. The largest absolute Gasteiger partial charge is 0.350 e. The second kappa shape index (κ2) is 6.16. The number of carbonyl (C=O) groups is 2. The molecule has 106 valence electrons. The minimum atomic E-state index is -0.732. The van der Waals surface area contributed by atoms with Gasteiger partial charge in [-0.25, -0.2) is 0 Å². The molecular weight excluding hydrogens is 262 g/mol. The van der Waals surface area contributed by atoms with Crippen LogP contribution in [0.3, 0.4) is 0 Å². The zero-order valence-corrected chi connectivity index (χ0v) is 12.5. The van der Waals surface area contributed by atoms with Crippen LogP contribution in [0.2, 0.25) is 0 Å². The number of hydrogen-bond donors (Lipinski definition) is 3. The first-order chi connectivity index (χ1) is 8.70. The Balaban J connectivity index is 2.55. The lowest BCUT2D eigenvalue weighted by Crippen LogP contribution is -2.52. The highest BCUT2D eigenvalue weighted by molar-refractivity contribution is 7.10. The van der Waals surface area contributed by atoms with E-state index in [2.05, 4.69) is 10.6 Å². The van der Waals surface area contributed by atoms with Crippen LogP contribution in [0.25, 0.3) is 0 Å². The highest BCUT2D eigenvalue weighted by Gasteiger charge is 2.24. The summed E-state index contributed by atoms with van der Waals surface area (Å²) in [5.74, 6) is -0.571. The Labute approximate surface area is 117 Å². The van der Waals surface area contributed by atoms with Gasteiger partial charge < -0.3 is 16.4 Å². The van der Waals surface area contributed by atoms with Crippen LogP contribution in [0, 0.1) is 0 Å². The van der Waals surface area contributed by atoms with Gasteiger partial charge in [0.05, 0.1) is 0 Å². The van der Waals surface area contributed by atoms with Gasteiger partial charge in [-0.05, 0) is 39.1 Å². The van der Waals surface area contributed by atoms with Gasteiger partial charge in [0.2, 0.25) is 11.8 Å². The van der Waals surface area contributed by atoms with Gasteiger partial charge in [0.1, 0.15) is 12.1 Å².